The molecule has 0 aromatic carbocycles. The van der Waals surface area contributed by atoms with Gasteiger partial charge in [-0.3, -0.25) is 4.79 Å². The number of unbranched alkanes of at least 4 members (excludes halogenated alkanes) is 2. The summed E-state index contributed by atoms with van der Waals surface area (Å²) in [6, 6.07) is 4.02. The van der Waals surface area contributed by atoms with E-state index in [-0.39, 0.29) is 5.56 Å². The second-order valence-corrected chi connectivity index (χ2v) is 5.21. The van der Waals surface area contributed by atoms with Crippen LogP contribution in [0.15, 0.2) is 16.9 Å². The molecular formula is C15H24N2O2. The Kier molecular flexibility index (Phi) is 5.61. The van der Waals surface area contributed by atoms with Crippen LogP contribution in [0.4, 0.5) is 0 Å². The summed E-state index contributed by atoms with van der Waals surface area (Å²) in [4.78, 5) is 14.3. The fourth-order valence-corrected chi connectivity index (χ4v) is 2.74. The molecule has 1 aromatic rings. The Morgan fingerprint density at radius 3 is 3.11 bits per heavy atom. The number of methoxy groups -OCH3 is 1. The molecule has 1 atom stereocenters. The zero-order valence-corrected chi connectivity index (χ0v) is 11.7. The Labute approximate surface area is 114 Å². The zero-order chi connectivity index (χ0) is 13.5. The van der Waals surface area contributed by atoms with Crippen molar-refractivity contribution in [2.45, 2.75) is 44.6 Å². The molecule has 1 aliphatic rings. The van der Waals surface area contributed by atoms with Crippen LogP contribution in [-0.2, 0) is 11.2 Å². The number of rotatable bonds is 7. The van der Waals surface area contributed by atoms with Crippen molar-refractivity contribution < 1.29 is 4.74 Å². The van der Waals surface area contributed by atoms with Crippen LogP contribution in [0, 0.1) is 0 Å². The monoisotopic (exact) mass is 264 g/mol. The van der Waals surface area contributed by atoms with Gasteiger partial charge >= 0.3 is 0 Å². The molecule has 0 bridgehead atoms. The van der Waals surface area contributed by atoms with Crippen molar-refractivity contribution in [3.05, 3.63) is 33.7 Å². The Morgan fingerprint density at radius 2 is 2.26 bits per heavy atom. The highest BCUT2D eigenvalue weighted by atomic mass is 16.5. The summed E-state index contributed by atoms with van der Waals surface area (Å²) in [5.74, 6) is 0. The molecule has 0 fully saturated rings. The molecule has 1 aromatic heterocycles. The van der Waals surface area contributed by atoms with Crippen molar-refractivity contribution in [2.75, 3.05) is 20.3 Å². The number of hydrogen-bond donors (Lipinski definition) is 2. The van der Waals surface area contributed by atoms with Crippen molar-refractivity contribution in [3.8, 4) is 0 Å². The Morgan fingerprint density at radius 1 is 1.37 bits per heavy atom. The summed E-state index contributed by atoms with van der Waals surface area (Å²) in [6.07, 6.45) is 6.82. The van der Waals surface area contributed by atoms with Gasteiger partial charge < -0.3 is 15.0 Å². The molecule has 0 spiro atoms. The molecule has 0 amide bonds. The van der Waals surface area contributed by atoms with Crippen LogP contribution in [-0.4, -0.2) is 25.2 Å². The number of aromatic amines is 1. The molecule has 0 aliphatic heterocycles. The van der Waals surface area contributed by atoms with Crippen LogP contribution < -0.4 is 10.9 Å². The second kappa shape index (κ2) is 7.46. The SMILES string of the molecule is COCCCCCNC1CCCc2[nH]c(=O)ccc21. The van der Waals surface area contributed by atoms with Crippen LogP contribution >= 0.6 is 0 Å². The van der Waals surface area contributed by atoms with E-state index in [0.29, 0.717) is 6.04 Å². The van der Waals surface area contributed by atoms with Crippen LogP contribution in [0.2, 0.25) is 0 Å². The van der Waals surface area contributed by atoms with Crippen molar-refractivity contribution in [3.63, 3.8) is 0 Å². The third-order valence-corrected chi connectivity index (χ3v) is 3.75. The summed E-state index contributed by atoms with van der Waals surface area (Å²) in [7, 11) is 1.75. The van der Waals surface area contributed by atoms with E-state index in [9.17, 15) is 4.79 Å². The molecule has 1 aliphatic carbocycles. The second-order valence-electron chi connectivity index (χ2n) is 5.21. The predicted octanol–water partition coefficient (Wildman–Crippen LogP) is 2.16. The predicted molar refractivity (Wildman–Crippen MR) is 76.5 cm³/mol. The number of hydrogen-bond acceptors (Lipinski definition) is 3. The quantitative estimate of drug-likeness (QED) is 0.742. The Balaban J connectivity index is 1.81. The zero-order valence-electron chi connectivity index (χ0n) is 11.7. The van der Waals surface area contributed by atoms with Crippen LogP contribution in [0.25, 0.3) is 0 Å². The molecule has 1 heterocycles. The van der Waals surface area contributed by atoms with Gasteiger partial charge in [0, 0.05) is 31.5 Å². The molecule has 2 N–H and O–H groups in total. The van der Waals surface area contributed by atoms with E-state index in [0.717, 1.165) is 44.5 Å². The summed E-state index contributed by atoms with van der Waals surface area (Å²) >= 11 is 0. The van der Waals surface area contributed by atoms with E-state index >= 15 is 0 Å². The summed E-state index contributed by atoms with van der Waals surface area (Å²) < 4.78 is 5.04. The maximum absolute atomic E-state index is 11.3. The molecule has 1 unspecified atom stereocenters. The van der Waals surface area contributed by atoms with Crippen molar-refractivity contribution in [1.29, 1.82) is 0 Å². The van der Waals surface area contributed by atoms with E-state index in [2.05, 4.69) is 10.3 Å². The first-order valence-corrected chi connectivity index (χ1v) is 7.25. The number of ether oxygens (including phenoxy) is 1. The molecule has 4 nitrogen and oxygen atoms in total. The van der Waals surface area contributed by atoms with E-state index in [1.165, 1.54) is 18.4 Å². The number of H-pyrrole nitrogens is 1. The number of nitrogens with one attached hydrogen (secondary N) is 2. The molecule has 19 heavy (non-hydrogen) atoms. The molecule has 106 valence electrons. The molecule has 0 radical (unpaired) electrons. The maximum Gasteiger partial charge on any atom is 0.248 e. The lowest BCUT2D eigenvalue weighted by atomic mass is 9.91. The summed E-state index contributed by atoms with van der Waals surface area (Å²) in [6.45, 7) is 1.89. The molecule has 0 saturated carbocycles. The number of pyridine rings is 1. The van der Waals surface area contributed by atoms with Gasteiger partial charge in [-0.2, -0.15) is 0 Å². The smallest absolute Gasteiger partial charge is 0.248 e. The lowest BCUT2D eigenvalue weighted by Crippen LogP contribution is -2.28. The average molecular weight is 264 g/mol. The van der Waals surface area contributed by atoms with Crippen LogP contribution in [0.3, 0.4) is 0 Å². The number of aromatic nitrogens is 1. The van der Waals surface area contributed by atoms with Crippen molar-refractivity contribution in [1.82, 2.24) is 10.3 Å². The van der Waals surface area contributed by atoms with Gasteiger partial charge in [0.1, 0.15) is 0 Å². The minimum atomic E-state index is 0.0129. The highest BCUT2D eigenvalue weighted by molar-refractivity contribution is 5.26. The van der Waals surface area contributed by atoms with Crippen molar-refractivity contribution >= 4 is 0 Å². The van der Waals surface area contributed by atoms with Gasteiger partial charge in [0.2, 0.25) is 5.56 Å². The number of aryl methyl sites for hydroxylation is 1. The van der Waals surface area contributed by atoms with Crippen LogP contribution in [0.5, 0.6) is 0 Å². The van der Waals surface area contributed by atoms with Gasteiger partial charge in [0.25, 0.3) is 0 Å². The first-order chi connectivity index (χ1) is 9.31. The normalized spacial score (nSPS) is 18.3. The topological polar surface area (TPSA) is 54.1 Å². The van der Waals surface area contributed by atoms with Crippen molar-refractivity contribution in [2.24, 2.45) is 0 Å². The molecule has 2 rings (SSSR count). The lowest BCUT2D eigenvalue weighted by molar-refractivity contribution is 0.192. The first kappa shape index (κ1) is 14.3. The van der Waals surface area contributed by atoms with E-state index in [1.807, 2.05) is 6.07 Å². The number of fused-ring (bicyclic) bond motifs is 1. The third-order valence-electron chi connectivity index (χ3n) is 3.75. The third kappa shape index (κ3) is 4.18. The minimum Gasteiger partial charge on any atom is -0.385 e. The van der Waals surface area contributed by atoms with Gasteiger partial charge in [-0.25, -0.2) is 0 Å². The van der Waals surface area contributed by atoms with Gasteiger partial charge in [-0.05, 0) is 50.6 Å². The average Bonchev–Trinajstić information content (AvgIpc) is 2.42. The van der Waals surface area contributed by atoms with Gasteiger partial charge in [0.05, 0.1) is 0 Å². The highest BCUT2D eigenvalue weighted by Crippen LogP contribution is 2.27. The van der Waals surface area contributed by atoms with Crippen LogP contribution in [0.1, 0.15) is 49.4 Å². The lowest BCUT2D eigenvalue weighted by Gasteiger charge is -2.26. The first-order valence-electron chi connectivity index (χ1n) is 7.25. The fraction of sp³-hybridized carbons (Fsp3) is 0.667. The molecule has 4 heteroatoms. The summed E-state index contributed by atoms with van der Waals surface area (Å²) in [5.41, 5.74) is 2.41. The summed E-state index contributed by atoms with van der Waals surface area (Å²) in [5, 5.41) is 3.61. The van der Waals surface area contributed by atoms with E-state index in [1.54, 1.807) is 13.2 Å². The van der Waals surface area contributed by atoms with Gasteiger partial charge in [-0.1, -0.05) is 6.07 Å². The maximum atomic E-state index is 11.3. The highest BCUT2D eigenvalue weighted by Gasteiger charge is 2.19. The molecule has 0 saturated heterocycles. The van der Waals surface area contributed by atoms with E-state index < -0.39 is 0 Å². The standard InChI is InChI=1S/C15H24N2O2/c1-19-11-4-2-3-10-16-13-6-5-7-14-12(13)8-9-15(18)17-14/h8-9,13,16H,2-7,10-11H2,1H3,(H,17,18). The molecular weight excluding hydrogens is 240 g/mol. The minimum absolute atomic E-state index is 0.0129. The Hall–Kier alpha value is -1.13. The van der Waals surface area contributed by atoms with E-state index in [4.69, 9.17) is 4.74 Å². The fourth-order valence-electron chi connectivity index (χ4n) is 2.74. The van der Waals surface area contributed by atoms with Gasteiger partial charge in [-0.15, -0.1) is 0 Å². The largest absolute Gasteiger partial charge is 0.385 e. The van der Waals surface area contributed by atoms with Gasteiger partial charge in [0.15, 0.2) is 0 Å². The Bertz CT molecular complexity index is 442.